The highest BCUT2D eigenvalue weighted by molar-refractivity contribution is 5.82. The van der Waals surface area contributed by atoms with E-state index in [0.29, 0.717) is 18.5 Å². The van der Waals surface area contributed by atoms with E-state index in [2.05, 4.69) is 4.98 Å². The molecule has 1 aromatic heterocycles. The van der Waals surface area contributed by atoms with E-state index in [4.69, 9.17) is 5.73 Å². The third-order valence-corrected chi connectivity index (χ3v) is 3.07. The van der Waals surface area contributed by atoms with Crippen LogP contribution in [0.2, 0.25) is 0 Å². The van der Waals surface area contributed by atoms with Crippen LogP contribution in [0.5, 0.6) is 5.88 Å². The van der Waals surface area contributed by atoms with Gasteiger partial charge < -0.3 is 15.9 Å². The fraction of sp³-hybridized carbons (Fsp3) is 0.455. The maximum absolute atomic E-state index is 11.3. The molecule has 5 nitrogen and oxygen atoms in total. The number of aliphatic hydroxyl groups excluding tert-OH is 1. The van der Waals surface area contributed by atoms with Crippen molar-refractivity contribution in [2.45, 2.75) is 24.7 Å². The predicted octanol–water partition coefficient (Wildman–Crippen LogP) is 0.226. The van der Waals surface area contributed by atoms with Crippen molar-refractivity contribution in [3.05, 3.63) is 23.4 Å². The largest absolute Gasteiger partial charge is 0.493 e. The van der Waals surface area contributed by atoms with Gasteiger partial charge in [0.25, 0.3) is 0 Å². The number of nitrogens with zero attached hydrogens (tertiary/aromatic N) is 1. The smallest absolute Gasteiger partial charge is 0.225 e. The molecule has 16 heavy (non-hydrogen) atoms. The number of pyridine rings is 1. The number of aromatic nitrogens is 1. The molecule has 0 spiro atoms. The molecule has 1 heterocycles. The summed E-state index contributed by atoms with van der Waals surface area (Å²) in [7, 11) is 0. The van der Waals surface area contributed by atoms with Crippen LogP contribution in [-0.4, -0.2) is 27.7 Å². The first kappa shape index (κ1) is 10.9. The summed E-state index contributed by atoms with van der Waals surface area (Å²) in [4.78, 5) is 15.3. The highest BCUT2D eigenvalue weighted by Gasteiger charge is 2.31. The van der Waals surface area contributed by atoms with Gasteiger partial charge in [0.15, 0.2) is 0 Å². The van der Waals surface area contributed by atoms with Crippen LogP contribution >= 0.6 is 0 Å². The fourth-order valence-corrected chi connectivity index (χ4v) is 2.23. The van der Waals surface area contributed by atoms with Gasteiger partial charge in [0, 0.05) is 12.0 Å². The van der Waals surface area contributed by atoms with Gasteiger partial charge in [-0.15, -0.1) is 0 Å². The first-order valence-electron chi connectivity index (χ1n) is 5.23. The van der Waals surface area contributed by atoms with Crippen LogP contribution in [0.1, 0.15) is 35.9 Å². The second-order valence-electron chi connectivity index (χ2n) is 4.06. The summed E-state index contributed by atoms with van der Waals surface area (Å²) in [5.41, 5.74) is 6.64. The Bertz CT molecular complexity index is 420. The molecule has 0 aliphatic heterocycles. The standard InChI is InChI=1S/C11H14N2O3/c12-11(16)8-2-1-6(5-14)10-7(8)3-4-9(15)13-10/h3-4,6,8,14H,1-2,5H2,(H2,12,16)(H,13,15). The molecule has 0 radical (unpaired) electrons. The monoisotopic (exact) mass is 222 g/mol. The average molecular weight is 222 g/mol. The topological polar surface area (TPSA) is 96.4 Å². The minimum absolute atomic E-state index is 0.0328. The van der Waals surface area contributed by atoms with Crippen molar-refractivity contribution in [3.8, 4) is 5.88 Å². The molecule has 0 aromatic carbocycles. The molecule has 2 unspecified atom stereocenters. The van der Waals surface area contributed by atoms with Crippen molar-refractivity contribution < 1.29 is 15.0 Å². The van der Waals surface area contributed by atoms with E-state index in [0.717, 1.165) is 5.56 Å². The Morgan fingerprint density at radius 3 is 2.88 bits per heavy atom. The minimum Gasteiger partial charge on any atom is -0.493 e. The zero-order valence-electron chi connectivity index (χ0n) is 8.76. The second-order valence-corrected chi connectivity index (χ2v) is 4.06. The number of nitrogens with two attached hydrogens (primary N) is 1. The maximum atomic E-state index is 11.3. The number of fused-ring (bicyclic) bond motifs is 1. The molecule has 5 heteroatoms. The Hall–Kier alpha value is -1.62. The van der Waals surface area contributed by atoms with Gasteiger partial charge in [-0.3, -0.25) is 4.79 Å². The van der Waals surface area contributed by atoms with Crippen molar-refractivity contribution in [2.24, 2.45) is 5.73 Å². The molecule has 0 fully saturated rings. The summed E-state index contributed by atoms with van der Waals surface area (Å²) >= 11 is 0. The Balaban J connectivity index is 2.48. The number of amides is 1. The van der Waals surface area contributed by atoms with Crippen LogP contribution in [0.4, 0.5) is 0 Å². The molecular formula is C11H14N2O3. The van der Waals surface area contributed by atoms with Crippen molar-refractivity contribution in [1.82, 2.24) is 4.98 Å². The van der Waals surface area contributed by atoms with Crippen LogP contribution in [0.15, 0.2) is 12.1 Å². The first-order chi connectivity index (χ1) is 7.63. The van der Waals surface area contributed by atoms with Gasteiger partial charge in [-0.2, -0.15) is 0 Å². The number of rotatable bonds is 2. The van der Waals surface area contributed by atoms with Crippen LogP contribution in [0.25, 0.3) is 0 Å². The van der Waals surface area contributed by atoms with Crippen molar-refractivity contribution >= 4 is 5.91 Å². The summed E-state index contributed by atoms with van der Waals surface area (Å²) in [6.07, 6.45) is 1.29. The lowest BCUT2D eigenvalue weighted by atomic mass is 9.79. The molecule has 86 valence electrons. The Morgan fingerprint density at radius 1 is 1.50 bits per heavy atom. The summed E-state index contributed by atoms with van der Waals surface area (Å²) in [6, 6.07) is 3.10. The number of carbonyl (C=O) groups excluding carboxylic acids is 1. The Labute approximate surface area is 92.9 Å². The quantitative estimate of drug-likeness (QED) is 0.667. The maximum Gasteiger partial charge on any atom is 0.225 e. The van der Waals surface area contributed by atoms with Gasteiger partial charge in [0.1, 0.15) is 0 Å². The summed E-state index contributed by atoms with van der Waals surface area (Å²) in [5.74, 6) is -0.948. The van der Waals surface area contributed by atoms with Crippen LogP contribution in [0, 0.1) is 0 Å². The Morgan fingerprint density at radius 2 is 2.25 bits per heavy atom. The molecule has 1 amide bonds. The first-order valence-corrected chi connectivity index (χ1v) is 5.23. The fourth-order valence-electron chi connectivity index (χ4n) is 2.23. The summed E-state index contributed by atoms with van der Waals surface area (Å²) < 4.78 is 0. The number of primary amides is 1. The molecule has 2 rings (SSSR count). The molecule has 0 bridgehead atoms. The summed E-state index contributed by atoms with van der Waals surface area (Å²) in [5, 5.41) is 18.5. The molecule has 1 aliphatic carbocycles. The SMILES string of the molecule is NC(=O)C1CCC(CO)c2nc(O)ccc21. The molecule has 0 saturated carbocycles. The molecule has 2 atom stereocenters. The zero-order valence-corrected chi connectivity index (χ0v) is 8.76. The minimum atomic E-state index is -0.384. The van der Waals surface area contributed by atoms with Crippen LogP contribution < -0.4 is 5.73 Å². The van der Waals surface area contributed by atoms with E-state index < -0.39 is 0 Å². The third-order valence-electron chi connectivity index (χ3n) is 3.07. The predicted molar refractivity (Wildman–Crippen MR) is 56.9 cm³/mol. The van der Waals surface area contributed by atoms with Gasteiger partial charge in [-0.1, -0.05) is 6.07 Å². The molecular weight excluding hydrogens is 208 g/mol. The lowest BCUT2D eigenvalue weighted by molar-refractivity contribution is -0.119. The Kier molecular flexibility index (Phi) is 2.78. The van der Waals surface area contributed by atoms with Crippen molar-refractivity contribution in [2.75, 3.05) is 6.61 Å². The zero-order chi connectivity index (χ0) is 11.7. The van der Waals surface area contributed by atoms with Crippen LogP contribution in [-0.2, 0) is 4.79 Å². The number of carbonyl (C=O) groups is 1. The van der Waals surface area contributed by atoms with E-state index >= 15 is 0 Å². The number of aliphatic hydroxyl groups is 1. The lowest BCUT2D eigenvalue weighted by Gasteiger charge is -2.27. The molecule has 1 aromatic rings. The van der Waals surface area contributed by atoms with E-state index in [1.807, 2.05) is 0 Å². The van der Waals surface area contributed by atoms with E-state index in [1.165, 1.54) is 6.07 Å². The highest BCUT2D eigenvalue weighted by Crippen LogP contribution is 2.38. The van der Waals surface area contributed by atoms with Crippen molar-refractivity contribution in [1.29, 1.82) is 0 Å². The third kappa shape index (κ3) is 1.74. The highest BCUT2D eigenvalue weighted by atomic mass is 16.3. The number of hydrogen-bond donors (Lipinski definition) is 3. The van der Waals surface area contributed by atoms with Gasteiger partial charge in [0.05, 0.1) is 18.2 Å². The average Bonchev–Trinajstić information content (AvgIpc) is 2.27. The molecule has 4 N–H and O–H groups in total. The normalized spacial score (nSPS) is 23.8. The number of hydrogen-bond acceptors (Lipinski definition) is 4. The summed E-state index contributed by atoms with van der Waals surface area (Å²) in [6.45, 7) is -0.0328. The van der Waals surface area contributed by atoms with Crippen LogP contribution in [0.3, 0.4) is 0 Å². The lowest BCUT2D eigenvalue weighted by Crippen LogP contribution is -2.28. The van der Waals surface area contributed by atoms with Gasteiger partial charge >= 0.3 is 0 Å². The second kappa shape index (κ2) is 4.09. The van der Waals surface area contributed by atoms with Crippen molar-refractivity contribution in [3.63, 3.8) is 0 Å². The van der Waals surface area contributed by atoms with E-state index in [-0.39, 0.29) is 30.2 Å². The molecule has 0 saturated heterocycles. The number of aromatic hydroxyl groups is 1. The van der Waals surface area contributed by atoms with E-state index in [9.17, 15) is 15.0 Å². The van der Waals surface area contributed by atoms with Gasteiger partial charge in [-0.05, 0) is 18.4 Å². The van der Waals surface area contributed by atoms with Gasteiger partial charge in [-0.25, -0.2) is 4.98 Å². The van der Waals surface area contributed by atoms with Gasteiger partial charge in [0.2, 0.25) is 11.8 Å². The van der Waals surface area contributed by atoms with E-state index in [1.54, 1.807) is 6.07 Å². The molecule has 1 aliphatic rings.